The standard InChI is InChI=1S/C13H8F2O4S2/c14-20(16,17)11-7-12(21(15,18)19)10-6-2-4-8-3-1-5-9(11)13(8)10/h1-7,11H. The summed E-state index contributed by atoms with van der Waals surface area (Å²) in [5.41, 5.74) is 0.128. The third-order valence-corrected chi connectivity index (χ3v) is 5.26. The Morgan fingerprint density at radius 1 is 0.905 bits per heavy atom. The van der Waals surface area contributed by atoms with Crippen molar-refractivity contribution in [2.75, 3.05) is 0 Å². The van der Waals surface area contributed by atoms with Crippen LogP contribution in [0.4, 0.5) is 7.77 Å². The van der Waals surface area contributed by atoms with Crippen LogP contribution in [0.3, 0.4) is 0 Å². The molecule has 0 heterocycles. The predicted octanol–water partition coefficient (Wildman–Crippen LogP) is 2.83. The molecule has 1 aliphatic carbocycles. The van der Waals surface area contributed by atoms with Crippen LogP contribution in [0.5, 0.6) is 0 Å². The Hall–Kier alpha value is -1.80. The molecule has 21 heavy (non-hydrogen) atoms. The van der Waals surface area contributed by atoms with E-state index in [1.165, 1.54) is 24.3 Å². The second-order valence-electron chi connectivity index (χ2n) is 4.62. The summed E-state index contributed by atoms with van der Waals surface area (Å²) in [5.74, 6) is 0. The van der Waals surface area contributed by atoms with E-state index < -0.39 is 30.6 Å². The van der Waals surface area contributed by atoms with Gasteiger partial charge < -0.3 is 0 Å². The zero-order valence-electron chi connectivity index (χ0n) is 10.3. The van der Waals surface area contributed by atoms with E-state index >= 15 is 0 Å². The summed E-state index contributed by atoms with van der Waals surface area (Å²) >= 11 is 0. The summed E-state index contributed by atoms with van der Waals surface area (Å²) in [7, 11) is -10.3. The van der Waals surface area contributed by atoms with Gasteiger partial charge in [0.2, 0.25) is 0 Å². The molecule has 4 nitrogen and oxygen atoms in total. The van der Waals surface area contributed by atoms with Gasteiger partial charge in [-0.15, -0.1) is 7.77 Å². The maximum atomic E-state index is 13.5. The predicted molar refractivity (Wildman–Crippen MR) is 74.7 cm³/mol. The maximum absolute atomic E-state index is 13.5. The number of hydrogen-bond donors (Lipinski definition) is 0. The average molecular weight is 330 g/mol. The van der Waals surface area contributed by atoms with Gasteiger partial charge in [0.15, 0.2) is 0 Å². The van der Waals surface area contributed by atoms with E-state index in [9.17, 15) is 24.6 Å². The van der Waals surface area contributed by atoms with Crippen molar-refractivity contribution in [2.24, 2.45) is 0 Å². The highest BCUT2D eigenvalue weighted by Gasteiger charge is 2.35. The molecule has 0 bridgehead atoms. The second-order valence-corrected chi connectivity index (χ2v) is 7.39. The molecule has 1 atom stereocenters. The van der Waals surface area contributed by atoms with Gasteiger partial charge in [-0.2, -0.15) is 16.8 Å². The molecule has 1 unspecified atom stereocenters. The molecule has 2 aromatic rings. The van der Waals surface area contributed by atoms with Crippen molar-refractivity contribution in [3.8, 4) is 0 Å². The molecule has 3 rings (SSSR count). The lowest BCUT2D eigenvalue weighted by Gasteiger charge is -2.21. The third kappa shape index (κ3) is 2.24. The zero-order chi connectivity index (χ0) is 15.4. The first-order valence-corrected chi connectivity index (χ1v) is 8.64. The lowest BCUT2D eigenvalue weighted by atomic mass is 9.93. The van der Waals surface area contributed by atoms with E-state index in [1.54, 1.807) is 12.1 Å². The van der Waals surface area contributed by atoms with Gasteiger partial charge in [-0.05, 0) is 22.4 Å². The Morgan fingerprint density at radius 2 is 1.52 bits per heavy atom. The summed E-state index contributed by atoms with van der Waals surface area (Å²) < 4.78 is 72.0. The highest BCUT2D eigenvalue weighted by molar-refractivity contribution is 7.96. The van der Waals surface area contributed by atoms with E-state index in [1.807, 2.05) is 0 Å². The molecule has 0 aromatic heterocycles. The minimum Gasteiger partial charge on any atom is -0.194 e. The fourth-order valence-corrected chi connectivity index (χ4v) is 4.19. The van der Waals surface area contributed by atoms with E-state index in [4.69, 9.17) is 0 Å². The maximum Gasteiger partial charge on any atom is 0.332 e. The molecule has 2 aromatic carbocycles. The van der Waals surface area contributed by atoms with Gasteiger partial charge in [0.1, 0.15) is 10.2 Å². The van der Waals surface area contributed by atoms with Crippen LogP contribution in [0.15, 0.2) is 42.5 Å². The molecule has 0 fully saturated rings. The SMILES string of the molecule is O=S(=O)(F)C1=CC(S(=O)(=O)F)c2cccc3cccc1c23. The average Bonchev–Trinajstić information content (AvgIpc) is 2.36. The molecule has 0 N–H and O–H groups in total. The minimum atomic E-state index is -5.18. The molecular formula is C13H8F2O4S2. The van der Waals surface area contributed by atoms with E-state index in [-0.39, 0.29) is 16.5 Å². The second kappa shape index (κ2) is 4.35. The van der Waals surface area contributed by atoms with Gasteiger partial charge in [-0.25, -0.2) is 0 Å². The topological polar surface area (TPSA) is 68.3 Å². The molecule has 110 valence electrons. The lowest BCUT2D eigenvalue weighted by molar-refractivity contribution is 0.545. The van der Waals surface area contributed by atoms with Crippen LogP contribution >= 0.6 is 0 Å². The van der Waals surface area contributed by atoms with Crippen molar-refractivity contribution in [1.29, 1.82) is 0 Å². The van der Waals surface area contributed by atoms with Crippen molar-refractivity contribution in [3.63, 3.8) is 0 Å². The Balaban J connectivity index is 2.51. The molecule has 0 spiro atoms. The summed E-state index contributed by atoms with van der Waals surface area (Å²) in [6.07, 6.45) is 0.599. The highest BCUT2D eigenvalue weighted by Crippen LogP contribution is 2.43. The van der Waals surface area contributed by atoms with Gasteiger partial charge in [0.25, 0.3) is 0 Å². The Labute approximate surface area is 120 Å². The van der Waals surface area contributed by atoms with Crippen LogP contribution in [0.25, 0.3) is 15.7 Å². The van der Waals surface area contributed by atoms with Crippen LogP contribution in [0.2, 0.25) is 0 Å². The first kappa shape index (κ1) is 14.2. The van der Waals surface area contributed by atoms with Crippen molar-refractivity contribution in [2.45, 2.75) is 5.25 Å². The van der Waals surface area contributed by atoms with E-state index in [0.29, 0.717) is 11.5 Å². The van der Waals surface area contributed by atoms with Crippen molar-refractivity contribution < 1.29 is 24.6 Å². The summed E-state index contributed by atoms with van der Waals surface area (Å²) in [6.45, 7) is 0. The Morgan fingerprint density at radius 3 is 2.10 bits per heavy atom. The van der Waals surface area contributed by atoms with E-state index in [0.717, 1.165) is 0 Å². The fourth-order valence-electron chi connectivity index (χ4n) is 2.58. The number of rotatable bonds is 2. The van der Waals surface area contributed by atoms with Gasteiger partial charge in [0.05, 0.1) is 0 Å². The summed E-state index contributed by atoms with van der Waals surface area (Å²) in [5, 5.41) is -1.10. The molecule has 0 saturated carbocycles. The smallest absolute Gasteiger partial charge is 0.194 e. The van der Waals surface area contributed by atoms with Crippen LogP contribution in [-0.4, -0.2) is 16.8 Å². The van der Waals surface area contributed by atoms with Gasteiger partial charge >= 0.3 is 20.4 Å². The molecule has 0 amide bonds. The van der Waals surface area contributed by atoms with Gasteiger partial charge in [0, 0.05) is 5.56 Å². The molecule has 0 radical (unpaired) electrons. The van der Waals surface area contributed by atoms with Crippen LogP contribution in [0.1, 0.15) is 16.4 Å². The van der Waals surface area contributed by atoms with Gasteiger partial charge in [-0.3, -0.25) is 0 Å². The first-order chi connectivity index (χ1) is 9.69. The molecular weight excluding hydrogens is 322 g/mol. The lowest BCUT2D eigenvalue weighted by Crippen LogP contribution is -2.13. The molecule has 0 saturated heterocycles. The molecule has 0 aliphatic heterocycles. The third-order valence-electron chi connectivity index (χ3n) is 3.38. The number of hydrogen-bond acceptors (Lipinski definition) is 4. The van der Waals surface area contributed by atoms with Crippen LogP contribution in [0, 0.1) is 0 Å². The summed E-state index contributed by atoms with van der Waals surface area (Å²) in [6, 6.07) is 9.00. The quantitative estimate of drug-likeness (QED) is 0.794. The molecule has 8 heteroatoms. The van der Waals surface area contributed by atoms with E-state index in [2.05, 4.69) is 0 Å². The molecule has 1 aliphatic rings. The largest absolute Gasteiger partial charge is 0.332 e. The highest BCUT2D eigenvalue weighted by atomic mass is 32.3. The first-order valence-electron chi connectivity index (χ1n) is 5.81. The summed E-state index contributed by atoms with van der Waals surface area (Å²) in [4.78, 5) is -0.821. The number of benzene rings is 2. The fraction of sp³-hybridized carbons (Fsp3) is 0.0769. The minimum absolute atomic E-state index is 0.0329. The van der Waals surface area contributed by atoms with Gasteiger partial charge in [-0.1, -0.05) is 36.4 Å². The monoisotopic (exact) mass is 330 g/mol. The van der Waals surface area contributed by atoms with Crippen molar-refractivity contribution >= 4 is 36.1 Å². The van der Waals surface area contributed by atoms with Crippen molar-refractivity contribution in [3.05, 3.63) is 53.6 Å². The number of halogens is 2. The Bertz CT molecular complexity index is 987. The normalized spacial score (nSPS) is 18.6. The van der Waals surface area contributed by atoms with Crippen molar-refractivity contribution in [1.82, 2.24) is 0 Å². The van der Waals surface area contributed by atoms with Crippen LogP contribution < -0.4 is 0 Å². The zero-order valence-corrected chi connectivity index (χ0v) is 12.0. The Kier molecular flexibility index (Phi) is 2.93. The van der Waals surface area contributed by atoms with Crippen LogP contribution in [-0.2, 0) is 20.4 Å².